The third kappa shape index (κ3) is 3.61. The van der Waals surface area contributed by atoms with Gasteiger partial charge in [-0.3, -0.25) is 14.3 Å². The minimum Gasteiger partial charge on any atom is -0.481 e. The number of carbonyl (C=O) groups is 1. The van der Waals surface area contributed by atoms with Gasteiger partial charge in [0.2, 0.25) is 5.56 Å². The van der Waals surface area contributed by atoms with Gasteiger partial charge in [0.05, 0.1) is 11.6 Å². The standard InChI is InChI=1S/C12H17N3O5S/c1-14-8-10(2-3-11(14)16)13-21(19,20)15-6-4-9(5-7-15)12(17)18/h2-3,8-9,13H,4-7H2,1H3,(H,17,18). The first-order chi connectivity index (χ1) is 9.79. The molecule has 1 saturated heterocycles. The number of pyridine rings is 1. The van der Waals surface area contributed by atoms with Crippen LogP contribution in [0.5, 0.6) is 0 Å². The number of nitrogens with one attached hydrogen (secondary N) is 1. The Morgan fingerprint density at radius 3 is 2.48 bits per heavy atom. The second kappa shape index (κ2) is 5.86. The van der Waals surface area contributed by atoms with Crippen LogP contribution in [0.15, 0.2) is 23.1 Å². The van der Waals surface area contributed by atoms with Gasteiger partial charge >= 0.3 is 16.2 Å². The summed E-state index contributed by atoms with van der Waals surface area (Å²) in [6.45, 7) is 0.329. The van der Waals surface area contributed by atoms with Gasteiger partial charge < -0.3 is 9.67 Å². The van der Waals surface area contributed by atoms with E-state index in [4.69, 9.17) is 5.11 Å². The maximum absolute atomic E-state index is 12.2. The van der Waals surface area contributed by atoms with E-state index in [2.05, 4.69) is 4.72 Å². The van der Waals surface area contributed by atoms with E-state index in [1.807, 2.05) is 0 Å². The number of carboxylic acid groups (broad SMARTS) is 1. The predicted molar refractivity (Wildman–Crippen MR) is 76.2 cm³/mol. The second-order valence-electron chi connectivity index (χ2n) is 4.99. The van der Waals surface area contributed by atoms with Crippen molar-refractivity contribution in [2.75, 3.05) is 17.8 Å². The summed E-state index contributed by atoms with van der Waals surface area (Å²) in [5.41, 5.74) is 0.0534. The summed E-state index contributed by atoms with van der Waals surface area (Å²) >= 11 is 0. The Kier molecular flexibility index (Phi) is 4.33. The number of aliphatic carboxylic acids is 1. The van der Waals surface area contributed by atoms with Crippen molar-refractivity contribution in [1.29, 1.82) is 0 Å². The maximum Gasteiger partial charge on any atom is 0.306 e. The number of nitrogens with zero attached hydrogens (tertiary/aromatic N) is 2. The smallest absolute Gasteiger partial charge is 0.306 e. The van der Waals surface area contributed by atoms with Crippen LogP contribution in [0.2, 0.25) is 0 Å². The Labute approximate surface area is 122 Å². The normalized spacial score (nSPS) is 17.6. The number of hydrogen-bond donors (Lipinski definition) is 2. The highest BCUT2D eigenvalue weighted by molar-refractivity contribution is 7.90. The third-order valence-corrected chi connectivity index (χ3v) is 5.01. The molecule has 1 aliphatic heterocycles. The molecule has 0 aliphatic carbocycles. The van der Waals surface area contributed by atoms with Gasteiger partial charge in [-0.15, -0.1) is 0 Å². The summed E-state index contributed by atoms with van der Waals surface area (Å²) in [5, 5.41) is 8.90. The number of aryl methyl sites for hydroxylation is 1. The Morgan fingerprint density at radius 1 is 1.33 bits per heavy atom. The molecule has 1 fully saturated rings. The predicted octanol–water partition coefficient (Wildman–Crippen LogP) is -0.161. The van der Waals surface area contributed by atoms with Crippen LogP contribution in [-0.2, 0) is 22.1 Å². The fraction of sp³-hybridized carbons (Fsp3) is 0.500. The van der Waals surface area contributed by atoms with E-state index in [1.54, 1.807) is 0 Å². The molecule has 0 spiro atoms. The molecule has 1 aromatic heterocycles. The van der Waals surface area contributed by atoms with Crippen LogP contribution >= 0.6 is 0 Å². The first-order valence-electron chi connectivity index (χ1n) is 6.47. The lowest BCUT2D eigenvalue weighted by atomic mass is 9.99. The molecule has 2 heterocycles. The van der Waals surface area contributed by atoms with E-state index in [-0.39, 0.29) is 24.3 Å². The van der Waals surface area contributed by atoms with Gasteiger partial charge in [-0.25, -0.2) is 0 Å². The number of carboxylic acids is 1. The van der Waals surface area contributed by atoms with Gasteiger partial charge in [-0.2, -0.15) is 12.7 Å². The first-order valence-corrected chi connectivity index (χ1v) is 7.91. The zero-order chi connectivity index (χ0) is 15.6. The zero-order valence-corrected chi connectivity index (χ0v) is 12.3. The van der Waals surface area contributed by atoms with Crippen molar-refractivity contribution in [3.05, 3.63) is 28.7 Å². The maximum atomic E-state index is 12.2. The number of rotatable bonds is 4. The number of hydrogen-bond acceptors (Lipinski definition) is 4. The van der Waals surface area contributed by atoms with Gasteiger partial charge in [0.1, 0.15) is 0 Å². The van der Waals surface area contributed by atoms with Crippen LogP contribution in [0.4, 0.5) is 5.69 Å². The highest BCUT2D eigenvalue weighted by Gasteiger charge is 2.30. The van der Waals surface area contributed by atoms with Crippen molar-refractivity contribution in [1.82, 2.24) is 8.87 Å². The average Bonchev–Trinajstić information content (AvgIpc) is 2.43. The molecule has 116 valence electrons. The molecule has 0 unspecified atom stereocenters. The molecule has 1 aromatic rings. The van der Waals surface area contributed by atoms with Gasteiger partial charge in [-0.1, -0.05) is 0 Å². The van der Waals surface area contributed by atoms with Crippen LogP contribution in [0.1, 0.15) is 12.8 Å². The highest BCUT2D eigenvalue weighted by atomic mass is 32.2. The minimum absolute atomic E-state index is 0.165. The number of anilines is 1. The van der Waals surface area contributed by atoms with Crippen molar-refractivity contribution >= 4 is 21.9 Å². The molecular formula is C12H17N3O5S. The molecule has 0 amide bonds. The molecule has 0 aromatic carbocycles. The lowest BCUT2D eigenvalue weighted by molar-refractivity contribution is -0.142. The summed E-state index contributed by atoms with van der Waals surface area (Å²) in [4.78, 5) is 22.1. The van der Waals surface area contributed by atoms with E-state index in [0.717, 1.165) is 0 Å². The summed E-state index contributed by atoms with van der Waals surface area (Å²) < 4.78 is 29.3. The summed E-state index contributed by atoms with van der Waals surface area (Å²) in [7, 11) is -2.21. The van der Waals surface area contributed by atoms with Crippen LogP contribution < -0.4 is 10.3 Å². The lowest BCUT2D eigenvalue weighted by Crippen LogP contribution is -2.43. The molecule has 21 heavy (non-hydrogen) atoms. The molecule has 0 saturated carbocycles. The largest absolute Gasteiger partial charge is 0.481 e. The molecule has 9 heteroatoms. The Hall–Kier alpha value is -1.87. The van der Waals surface area contributed by atoms with E-state index < -0.39 is 22.1 Å². The molecular weight excluding hydrogens is 298 g/mol. The SMILES string of the molecule is Cn1cc(NS(=O)(=O)N2CCC(C(=O)O)CC2)ccc1=O. The van der Waals surface area contributed by atoms with Gasteiger partial charge in [0, 0.05) is 32.4 Å². The molecule has 0 radical (unpaired) electrons. The Bertz CT molecular complexity index is 689. The number of piperidine rings is 1. The van der Waals surface area contributed by atoms with Crippen molar-refractivity contribution in [3.8, 4) is 0 Å². The van der Waals surface area contributed by atoms with Crippen molar-refractivity contribution in [2.45, 2.75) is 12.8 Å². The first kappa shape index (κ1) is 15.5. The molecule has 8 nitrogen and oxygen atoms in total. The van der Waals surface area contributed by atoms with Crippen molar-refractivity contribution in [3.63, 3.8) is 0 Å². The fourth-order valence-corrected chi connectivity index (χ4v) is 3.45. The summed E-state index contributed by atoms with van der Waals surface area (Å²) in [6, 6.07) is 2.67. The highest BCUT2D eigenvalue weighted by Crippen LogP contribution is 2.20. The van der Waals surface area contributed by atoms with E-state index in [1.165, 1.54) is 34.2 Å². The molecule has 2 N–H and O–H groups in total. The monoisotopic (exact) mass is 315 g/mol. The quantitative estimate of drug-likeness (QED) is 0.802. The summed E-state index contributed by atoms with van der Waals surface area (Å²) in [5.74, 6) is -1.38. The van der Waals surface area contributed by atoms with Crippen molar-refractivity contribution < 1.29 is 18.3 Å². The van der Waals surface area contributed by atoms with Gasteiger partial charge in [0.25, 0.3) is 0 Å². The number of aromatic nitrogens is 1. The molecule has 1 aliphatic rings. The molecule has 2 rings (SSSR count). The van der Waals surface area contributed by atoms with Gasteiger partial charge in [-0.05, 0) is 18.9 Å². The Balaban J connectivity index is 2.07. The lowest BCUT2D eigenvalue weighted by Gasteiger charge is -2.29. The second-order valence-corrected chi connectivity index (χ2v) is 6.66. The van der Waals surface area contributed by atoms with Crippen molar-refractivity contribution in [2.24, 2.45) is 13.0 Å². The minimum atomic E-state index is -3.74. The van der Waals surface area contributed by atoms with Crippen LogP contribution in [0.25, 0.3) is 0 Å². The van der Waals surface area contributed by atoms with E-state index in [9.17, 15) is 18.0 Å². The topological polar surface area (TPSA) is 109 Å². The van der Waals surface area contributed by atoms with Crippen LogP contribution in [0.3, 0.4) is 0 Å². The fourth-order valence-electron chi connectivity index (χ4n) is 2.21. The third-order valence-electron chi connectivity index (χ3n) is 3.48. The van der Waals surface area contributed by atoms with Crippen LogP contribution in [0, 0.1) is 5.92 Å². The van der Waals surface area contributed by atoms with Gasteiger partial charge in [0.15, 0.2) is 0 Å². The van der Waals surface area contributed by atoms with Crippen LogP contribution in [-0.4, -0.2) is 41.5 Å². The average molecular weight is 315 g/mol. The zero-order valence-electron chi connectivity index (χ0n) is 11.5. The van der Waals surface area contributed by atoms with E-state index >= 15 is 0 Å². The summed E-state index contributed by atoms with van der Waals surface area (Å²) in [6.07, 6.45) is 1.98. The molecule has 0 atom stereocenters. The molecule has 0 bridgehead atoms. The Morgan fingerprint density at radius 2 is 1.95 bits per heavy atom. The van der Waals surface area contributed by atoms with E-state index in [0.29, 0.717) is 12.8 Å².